The molecule has 0 aliphatic rings. The number of hydrogen-bond donors (Lipinski definition) is 3. The van der Waals surface area contributed by atoms with Crippen molar-refractivity contribution in [1.29, 1.82) is 0 Å². The van der Waals surface area contributed by atoms with Crippen molar-refractivity contribution in [3.05, 3.63) is 23.9 Å². The number of amides is 2. The molecular weight excluding hydrogens is 220 g/mol. The van der Waals surface area contributed by atoms with Gasteiger partial charge >= 0.3 is 0 Å². The zero-order valence-electron chi connectivity index (χ0n) is 9.86. The van der Waals surface area contributed by atoms with Crippen LogP contribution in [-0.4, -0.2) is 29.4 Å². The molecule has 0 bridgehead atoms. The van der Waals surface area contributed by atoms with Crippen molar-refractivity contribution in [3.63, 3.8) is 0 Å². The molecule has 6 nitrogen and oxygen atoms in total. The van der Waals surface area contributed by atoms with Crippen LogP contribution in [0.2, 0.25) is 0 Å². The van der Waals surface area contributed by atoms with Gasteiger partial charge in [0.2, 0.25) is 5.91 Å². The summed E-state index contributed by atoms with van der Waals surface area (Å²) in [6, 6.07) is 4.15. The summed E-state index contributed by atoms with van der Waals surface area (Å²) in [5, 5.41) is 5.15. The minimum absolute atomic E-state index is 0.196. The maximum Gasteiger partial charge on any atom is 0.270 e. The third-order valence-corrected chi connectivity index (χ3v) is 2.10. The van der Waals surface area contributed by atoms with Crippen molar-refractivity contribution < 1.29 is 9.59 Å². The molecular formula is C11H16N4O2. The lowest BCUT2D eigenvalue weighted by Gasteiger charge is -2.12. The first-order chi connectivity index (χ1) is 8.04. The number of nitrogens with zero attached hydrogens (tertiary/aromatic N) is 1. The topological polar surface area (TPSA) is 97.1 Å². The van der Waals surface area contributed by atoms with Gasteiger partial charge < -0.3 is 16.4 Å². The molecule has 1 rings (SSSR count). The number of hydrogen-bond acceptors (Lipinski definition) is 4. The van der Waals surface area contributed by atoms with E-state index in [1.165, 1.54) is 6.07 Å². The van der Waals surface area contributed by atoms with E-state index in [9.17, 15) is 9.59 Å². The average Bonchev–Trinajstić information content (AvgIpc) is 2.29. The largest absolute Gasteiger partial charge is 0.384 e. The molecule has 6 heteroatoms. The molecule has 1 heterocycles. The van der Waals surface area contributed by atoms with E-state index in [-0.39, 0.29) is 17.4 Å². The van der Waals surface area contributed by atoms with Gasteiger partial charge in [-0.25, -0.2) is 4.98 Å². The smallest absolute Gasteiger partial charge is 0.270 e. The van der Waals surface area contributed by atoms with Gasteiger partial charge in [-0.1, -0.05) is 6.07 Å². The van der Waals surface area contributed by atoms with Gasteiger partial charge in [-0.2, -0.15) is 0 Å². The van der Waals surface area contributed by atoms with E-state index in [1.807, 2.05) is 6.92 Å². The molecule has 92 valence electrons. The first-order valence-corrected chi connectivity index (χ1v) is 5.35. The van der Waals surface area contributed by atoms with Crippen LogP contribution in [0.25, 0.3) is 0 Å². The highest BCUT2D eigenvalue weighted by molar-refractivity contribution is 5.96. The predicted molar refractivity (Wildman–Crippen MR) is 64.3 cm³/mol. The quantitative estimate of drug-likeness (QED) is 0.681. The maximum atomic E-state index is 11.7. The molecule has 0 aromatic carbocycles. The highest BCUT2D eigenvalue weighted by atomic mass is 16.2. The minimum Gasteiger partial charge on any atom is -0.384 e. The van der Waals surface area contributed by atoms with Gasteiger partial charge in [0.1, 0.15) is 17.6 Å². The fourth-order valence-corrected chi connectivity index (χ4v) is 1.24. The van der Waals surface area contributed by atoms with E-state index < -0.39 is 11.9 Å². The molecule has 1 unspecified atom stereocenters. The van der Waals surface area contributed by atoms with Gasteiger partial charge in [-0.05, 0) is 26.0 Å². The predicted octanol–water partition coefficient (Wildman–Crippen LogP) is -0.0818. The summed E-state index contributed by atoms with van der Waals surface area (Å²) in [6.07, 6.45) is 0. The summed E-state index contributed by atoms with van der Waals surface area (Å²) in [5.41, 5.74) is 5.66. The fraction of sp³-hybridized carbons (Fsp3) is 0.364. The number of carbonyl (C=O) groups is 2. The molecule has 1 atom stereocenters. The van der Waals surface area contributed by atoms with Crippen LogP contribution in [0.3, 0.4) is 0 Å². The number of aromatic nitrogens is 1. The summed E-state index contributed by atoms with van der Waals surface area (Å²) < 4.78 is 0. The summed E-state index contributed by atoms with van der Waals surface area (Å²) in [5.74, 6) is -0.385. The van der Waals surface area contributed by atoms with E-state index in [1.54, 1.807) is 19.1 Å². The van der Waals surface area contributed by atoms with Crippen molar-refractivity contribution in [2.75, 3.05) is 12.3 Å². The van der Waals surface area contributed by atoms with Gasteiger partial charge in [0.15, 0.2) is 0 Å². The van der Waals surface area contributed by atoms with Crippen LogP contribution in [0.1, 0.15) is 24.3 Å². The summed E-state index contributed by atoms with van der Waals surface area (Å²) in [7, 11) is 0. The second-order valence-corrected chi connectivity index (χ2v) is 3.54. The molecule has 0 fully saturated rings. The van der Waals surface area contributed by atoms with Gasteiger partial charge in [-0.15, -0.1) is 0 Å². The monoisotopic (exact) mass is 236 g/mol. The zero-order valence-corrected chi connectivity index (χ0v) is 9.86. The number of nitrogens with two attached hydrogens (primary N) is 1. The van der Waals surface area contributed by atoms with Crippen molar-refractivity contribution in [2.24, 2.45) is 0 Å². The number of carbonyl (C=O) groups excluding carboxylic acids is 2. The third kappa shape index (κ3) is 3.75. The molecule has 0 saturated heterocycles. The Morgan fingerprint density at radius 1 is 1.47 bits per heavy atom. The second-order valence-electron chi connectivity index (χ2n) is 3.54. The van der Waals surface area contributed by atoms with Gasteiger partial charge in [0, 0.05) is 6.54 Å². The van der Waals surface area contributed by atoms with E-state index >= 15 is 0 Å². The van der Waals surface area contributed by atoms with E-state index in [0.717, 1.165) is 0 Å². The van der Waals surface area contributed by atoms with Crippen LogP contribution in [-0.2, 0) is 4.79 Å². The number of pyridine rings is 1. The number of rotatable bonds is 4. The van der Waals surface area contributed by atoms with Crippen LogP contribution in [0, 0.1) is 0 Å². The Kier molecular flexibility index (Phi) is 4.45. The van der Waals surface area contributed by atoms with Gasteiger partial charge in [0.25, 0.3) is 5.91 Å². The van der Waals surface area contributed by atoms with E-state index in [4.69, 9.17) is 5.73 Å². The Balaban J connectivity index is 2.63. The Labute approximate surface area is 99.6 Å². The normalized spacial score (nSPS) is 11.6. The van der Waals surface area contributed by atoms with Crippen LogP contribution >= 0.6 is 0 Å². The van der Waals surface area contributed by atoms with Crippen molar-refractivity contribution in [2.45, 2.75) is 19.9 Å². The van der Waals surface area contributed by atoms with Crippen molar-refractivity contribution in [1.82, 2.24) is 15.6 Å². The van der Waals surface area contributed by atoms with Crippen molar-refractivity contribution in [3.8, 4) is 0 Å². The fourth-order valence-electron chi connectivity index (χ4n) is 1.24. The zero-order chi connectivity index (χ0) is 12.8. The highest BCUT2D eigenvalue weighted by Gasteiger charge is 2.16. The Bertz CT molecular complexity index is 420. The first-order valence-electron chi connectivity index (χ1n) is 5.35. The maximum absolute atomic E-state index is 11.7. The van der Waals surface area contributed by atoms with Crippen LogP contribution < -0.4 is 16.4 Å². The lowest BCUT2D eigenvalue weighted by atomic mass is 10.2. The standard InChI is InChI=1S/C11H16N4O2/c1-3-13-10(16)7(2)14-11(17)8-5-4-6-9(12)15-8/h4-7H,3H2,1-2H3,(H2,12,15)(H,13,16)(H,14,17). The summed E-state index contributed by atoms with van der Waals surface area (Å²) in [6.45, 7) is 3.94. The minimum atomic E-state index is -0.606. The molecule has 1 aromatic rings. The SMILES string of the molecule is CCNC(=O)C(C)NC(=O)c1cccc(N)n1. The third-order valence-electron chi connectivity index (χ3n) is 2.10. The molecule has 2 amide bonds. The molecule has 4 N–H and O–H groups in total. The lowest BCUT2D eigenvalue weighted by Crippen LogP contribution is -2.44. The molecule has 17 heavy (non-hydrogen) atoms. The Hall–Kier alpha value is -2.11. The number of nitrogens with one attached hydrogen (secondary N) is 2. The molecule has 0 aliphatic carbocycles. The molecule has 0 spiro atoms. The molecule has 1 aromatic heterocycles. The van der Waals surface area contributed by atoms with Crippen LogP contribution in [0.15, 0.2) is 18.2 Å². The van der Waals surface area contributed by atoms with Crippen LogP contribution in [0.4, 0.5) is 5.82 Å². The van der Waals surface area contributed by atoms with Crippen molar-refractivity contribution >= 4 is 17.6 Å². The Morgan fingerprint density at radius 2 is 2.18 bits per heavy atom. The van der Waals surface area contributed by atoms with Crippen LogP contribution in [0.5, 0.6) is 0 Å². The first kappa shape index (κ1) is 13.0. The lowest BCUT2D eigenvalue weighted by molar-refractivity contribution is -0.122. The van der Waals surface area contributed by atoms with Gasteiger partial charge in [-0.3, -0.25) is 9.59 Å². The molecule has 0 saturated carbocycles. The second kappa shape index (κ2) is 5.83. The molecule has 0 radical (unpaired) electrons. The Morgan fingerprint density at radius 3 is 2.76 bits per heavy atom. The summed E-state index contributed by atoms with van der Waals surface area (Å²) in [4.78, 5) is 27.0. The number of likely N-dealkylation sites (N-methyl/N-ethyl adjacent to an activating group) is 1. The number of anilines is 1. The van der Waals surface area contributed by atoms with E-state index in [2.05, 4.69) is 15.6 Å². The summed E-state index contributed by atoms with van der Waals surface area (Å²) >= 11 is 0. The van der Waals surface area contributed by atoms with E-state index in [0.29, 0.717) is 6.54 Å². The number of nitrogen functional groups attached to an aromatic ring is 1. The van der Waals surface area contributed by atoms with Gasteiger partial charge in [0.05, 0.1) is 0 Å². The average molecular weight is 236 g/mol. The molecule has 0 aliphatic heterocycles. The highest BCUT2D eigenvalue weighted by Crippen LogP contribution is 2.00.